The van der Waals surface area contributed by atoms with E-state index >= 15 is 0 Å². The first-order valence-corrected chi connectivity index (χ1v) is 8.15. The van der Waals surface area contributed by atoms with E-state index < -0.39 is 4.92 Å². The van der Waals surface area contributed by atoms with E-state index in [0.29, 0.717) is 5.69 Å². The Labute approximate surface area is 150 Å². The highest BCUT2D eigenvalue weighted by molar-refractivity contribution is 5.94. The molecule has 1 aromatic carbocycles. The quantitative estimate of drug-likeness (QED) is 0.535. The van der Waals surface area contributed by atoms with Gasteiger partial charge in [-0.2, -0.15) is 0 Å². The van der Waals surface area contributed by atoms with E-state index in [1.165, 1.54) is 6.33 Å². The summed E-state index contributed by atoms with van der Waals surface area (Å²) in [7, 11) is 0. The Bertz CT molecular complexity index is 981. The summed E-state index contributed by atoms with van der Waals surface area (Å²) in [4.78, 5) is 23.8. The number of hydrogen-bond donors (Lipinski definition) is 2. The maximum atomic E-state index is 11.7. The molecular formula is C18H20N6O2. The molecule has 0 spiro atoms. The van der Waals surface area contributed by atoms with Gasteiger partial charge in [-0.15, -0.1) is 0 Å². The smallest absolute Gasteiger partial charge is 0.353 e. The van der Waals surface area contributed by atoms with Crippen LogP contribution in [0.2, 0.25) is 0 Å². The van der Waals surface area contributed by atoms with Gasteiger partial charge < -0.3 is 10.6 Å². The number of benzene rings is 1. The molecule has 0 bridgehead atoms. The van der Waals surface area contributed by atoms with Gasteiger partial charge in [-0.05, 0) is 52.0 Å². The topological polar surface area (TPSA) is 106 Å². The fraction of sp³-hybridized carbons (Fsp3) is 0.278. The van der Waals surface area contributed by atoms with E-state index in [1.807, 2.05) is 58.0 Å². The monoisotopic (exact) mass is 352 g/mol. The SMILES string of the molecule is Cc1ccc2c(Nc3ncnc(NC(C)(C)C)c3[N+](=O)[O-])cccc2n1. The minimum Gasteiger partial charge on any atom is -0.360 e. The molecule has 0 unspecified atom stereocenters. The predicted molar refractivity (Wildman–Crippen MR) is 102 cm³/mol. The van der Waals surface area contributed by atoms with Gasteiger partial charge >= 0.3 is 5.69 Å². The Morgan fingerprint density at radius 1 is 1.08 bits per heavy atom. The second kappa shape index (κ2) is 6.55. The van der Waals surface area contributed by atoms with Crippen LogP contribution in [0.25, 0.3) is 10.9 Å². The van der Waals surface area contributed by atoms with Crippen molar-refractivity contribution in [3.8, 4) is 0 Å². The zero-order valence-corrected chi connectivity index (χ0v) is 15.1. The van der Waals surface area contributed by atoms with Crippen LogP contribution in [-0.2, 0) is 0 Å². The van der Waals surface area contributed by atoms with E-state index in [4.69, 9.17) is 0 Å². The summed E-state index contributed by atoms with van der Waals surface area (Å²) in [6.07, 6.45) is 1.30. The third-order valence-electron chi connectivity index (χ3n) is 3.62. The van der Waals surface area contributed by atoms with Gasteiger partial charge in [-0.3, -0.25) is 15.1 Å². The summed E-state index contributed by atoms with van der Waals surface area (Å²) >= 11 is 0. The summed E-state index contributed by atoms with van der Waals surface area (Å²) in [6.45, 7) is 7.64. The minimum absolute atomic E-state index is 0.129. The maximum Gasteiger partial charge on any atom is 0.353 e. The number of aryl methyl sites for hydroxylation is 1. The molecule has 2 heterocycles. The van der Waals surface area contributed by atoms with Gasteiger partial charge in [0.1, 0.15) is 6.33 Å². The van der Waals surface area contributed by atoms with Crippen LogP contribution in [-0.4, -0.2) is 25.4 Å². The van der Waals surface area contributed by atoms with Crippen LogP contribution in [0.5, 0.6) is 0 Å². The number of nitrogens with one attached hydrogen (secondary N) is 2. The van der Waals surface area contributed by atoms with Crippen LogP contribution in [0.15, 0.2) is 36.7 Å². The second-order valence-electron chi connectivity index (χ2n) is 7.00. The highest BCUT2D eigenvalue weighted by Gasteiger charge is 2.26. The van der Waals surface area contributed by atoms with Gasteiger partial charge in [-0.25, -0.2) is 9.97 Å². The van der Waals surface area contributed by atoms with Gasteiger partial charge in [0.05, 0.1) is 10.4 Å². The maximum absolute atomic E-state index is 11.7. The summed E-state index contributed by atoms with van der Waals surface area (Å²) < 4.78 is 0. The third kappa shape index (κ3) is 3.69. The van der Waals surface area contributed by atoms with Gasteiger partial charge in [-0.1, -0.05) is 6.07 Å². The molecule has 0 aliphatic heterocycles. The molecular weight excluding hydrogens is 332 g/mol. The second-order valence-corrected chi connectivity index (χ2v) is 7.00. The molecule has 0 aliphatic carbocycles. The highest BCUT2D eigenvalue weighted by atomic mass is 16.6. The molecule has 3 rings (SSSR count). The first-order chi connectivity index (χ1) is 12.2. The first-order valence-electron chi connectivity index (χ1n) is 8.15. The lowest BCUT2D eigenvalue weighted by Crippen LogP contribution is -2.27. The van der Waals surface area contributed by atoms with Gasteiger partial charge in [0, 0.05) is 22.3 Å². The fourth-order valence-electron chi connectivity index (χ4n) is 2.58. The van der Waals surface area contributed by atoms with Crippen molar-refractivity contribution in [3.05, 3.63) is 52.5 Å². The van der Waals surface area contributed by atoms with Crippen molar-refractivity contribution >= 4 is 33.9 Å². The normalized spacial score (nSPS) is 11.4. The van der Waals surface area contributed by atoms with E-state index in [1.54, 1.807) is 0 Å². The Hall–Kier alpha value is -3.29. The van der Waals surface area contributed by atoms with E-state index in [-0.39, 0.29) is 22.9 Å². The molecule has 2 N–H and O–H groups in total. The highest BCUT2D eigenvalue weighted by Crippen LogP contribution is 2.34. The van der Waals surface area contributed by atoms with E-state index in [9.17, 15) is 10.1 Å². The van der Waals surface area contributed by atoms with Crippen molar-refractivity contribution in [1.82, 2.24) is 15.0 Å². The van der Waals surface area contributed by atoms with Crippen LogP contribution in [0, 0.1) is 17.0 Å². The number of nitrogens with zero attached hydrogens (tertiary/aromatic N) is 4. The molecule has 0 aliphatic rings. The summed E-state index contributed by atoms with van der Waals surface area (Å²) in [5.74, 6) is 0.305. The molecule has 0 radical (unpaired) electrons. The number of rotatable bonds is 4. The summed E-state index contributed by atoms with van der Waals surface area (Å²) in [6, 6.07) is 9.41. The zero-order chi connectivity index (χ0) is 18.9. The average Bonchev–Trinajstić information content (AvgIpc) is 2.53. The zero-order valence-electron chi connectivity index (χ0n) is 15.1. The summed E-state index contributed by atoms with van der Waals surface area (Å²) in [5.41, 5.74) is 1.83. The van der Waals surface area contributed by atoms with Crippen LogP contribution >= 0.6 is 0 Å². The largest absolute Gasteiger partial charge is 0.360 e. The Kier molecular flexibility index (Phi) is 4.41. The lowest BCUT2D eigenvalue weighted by molar-refractivity contribution is -0.383. The van der Waals surface area contributed by atoms with Gasteiger partial charge in [0.2, 0.25) is 11.6 Å². The average molecular weight is 352 g/mol. The van der Waals surface area contributed by atoms with E-state index in [0.717, 1.165) is 16.6 Å². The molecule has 0 saturated heterocycles. The molecule has 2 aromatic heterocycles. The Morgan fingerprint density at radius 3 is 2.50 bits per heavy atom. The van der Waals surface area contributed by atoms with Crippen LogP contribution in [0.4, 0.5) is 23.0 Å². The molecule has 8 heteroatoms. The lowest BCUT2D eigenvalue weighted by Gasteiger charge is -2.21. The number of pyridine rings is 1. The van der Waals surface area contributed by atoms with Crippen LogP contribution < -0.4 is 10.6 Å². The molecule has 8 nitrogen and oxygen atoms in total. The van der Waals surface area contributed by atoms with Crippen molar-refractivity contribution in [2.45, 2.75) is 33.2 Å². The van der Waals surface area contributed by atoms with Gasteiger partial charge in [0.15, 0.2) is 0 Å². The van der Waals surface area contributed by atoms with Crippen molar-refractivity contribution in [3.63, 3.8) is 0 Å². The van der Waals surface area contributed by atoms with Crippen LogP contribution in [0.3, 0.4) is 0 Å². The molecule has 0 saturated carbocycles. The molecule has 134 valence electrons. The molecule has 26 heavy (non-hydrogen) atoms. The first kappa shape index (κ1) is 17.5. The number of hydrogen-bond acceptors (Lipinski definition) is 7. The van der Waals surface area contributed by atoms with Gasteiger partial charge in [0.25, 0.3) is 0 Å². The van der Waals surface area contributed by atoms with Crippen molar-refractivity contribution < 1.29 is 4.92 Å². The number of nitro groups is 1. The number of anilines is 3. The predicted octanol–water partition coefficient (Wildman–Crippen LogP) is 4.20. The van der Waals surface area contributed by atoms with Crippen molar-refractivity contribution in [2.24, 2.45) is 0 Å². The minimum atomic E-state index is -0.482. The van der Waals surface area contributed by atoms with Crippen molar-refractivity contribution in [2.75, 3.05) is 10.6 Å². The molecule has 0 fully saturated rings. The van der Waals surface area contributed by atoms with Crippen molar-refractivity contribution in [1.29, 1.82) is 0 Å². The molecule has 0 atom stereocenters. The number of aromatic nitrogens is 3. The molecule has 3 aromatic rings. The Balaban J connectivity index is 2.08. The number of fused-ring (bicyclic) bond motifs is 1. The standard InChI is InChI=1S/C18H20N6O2/c1-11-8-9-12-13(21-11)6-5-7-14(12)22-16-15(24(25)26)17(20-10-19-16)23-18(2,3)4/h5-10H,1-4H3,(H2,19,20,22,23). The Morgan fingerprint density at radius 2 is 1.81 bits per heavy atom. The van der Waals surface area contributed by atoms with Crippen LogP contribution in [0.1, 0.15) is 26.5 Å². The fourth-order valence-corrected chi connectivity index (χ4v) is 2.58. The summed E-state index contributed by atoms with van der Waals surface area (Å²) in [5, 5.41) is 18.6. The lowest BCUT2D eigenvalue weighted by atomic mass is 10.1. The van der Waals surface area contributed by atoms with E-state index in [2.05, 4.69) is 25.6 Å². The third-order valence-corrected chi connectivity index (χ3v) is 3.62. The molecule has 0 amide bonds.